The molecule has 3 heterocycles. The third kappa shape index (κ3) is 3.05. The van der Waals surface area contributed by atoms with E-state index in [0.717, 1.165) is 12.8 Å². The van der Waals surface area contributed by atoms with Crippen LogP contribution in [-0.2, 0) is 11.2 Å². The third-order valence-electron chi connectivity index (χ3n) is 4.46. The van der Waals surface area contributed by atoms with Crippen LogP contribution in [0.3, 0.4) is 0 Å². The lowest BCUT2D eigenvalue weighted by Gasteiger charge is -2.22. The number of H-pyrrole nitrogens is 1. The van der Waals surface area contributed by atoms with Gasteiger partial charge in [0.15, 0.2) is 5.65 Å². The molecule has 1 aromatic carbocycles. The number of nitrogens with one attached hydrogen (secondary N) is 1. The molecule has 6 nitrogen and oxygen atoms in total. The Hall–Kier alpha value is -2.25. The summed E-state index contributed by atoms with van der Waals surface area (Å²) in [4.78, 5) is 19.6. The van der Waals surface area contributed by atoms with Crippen molar-refractivity contribution in [1.82, 2.24) is 19.7 Å². The second-order valence-corrected chi connectivity index (χ2v) is 6.47. The zero-order chi connectivity index (χ0) is 17.4. The summed E-state index contributed by atoms with van der Waals surface area (Å²) in [6.45, 7) is 1.32. The van der Waals surface area contributed by atoms with Gasteiger partial charge in [0.25, 0.3) is 5.56 Å². The molecule has 0 radical (unpaired) electrons. The van der Waals surface area contributed by atoms with E-state index in [1.807, 2.05) is 0 Å². The number of rotatable bonds is 3. The van der Waals surface area contributed by atoms with Crippen LogP contribution >= 0.6 is 11.6 Å². The average Bonchev–Trinajstić information content (AvgIpc) is 3.04. The molecule has 0 aliphatic carbocycles. The molecule has 130 valence electrons. The summed E-state index contributed by atoms with van der Waals surface area (Å²) >= 11 is 6.08. The number of aromatic nitrogens is 4. The summed E-state index contributed by atoms with van der Waals surface area (Å²) in [6, 6.07) is 4.64. The Morgan fingerprint density at radius 3 is 2.92 bits per heavy atom. The van der Waals surface area contributed by atoms with Crippen molar-refractivity contribution >= 4 is 22.6 Å². The van der Waals surface area contributed by atoms with Crippen molar-refractivity contribution in [2.24, 2.45) is 0 Å². The molecule has 0 spiro atoms. The molecule has 2 aromatic heterocycles. The van der Waals surface area contributed by atoms with Crippen molar-refractivity contribution in [3.63, 3.8) is 0 Å². The molecule has 3 aromatic rings. The van der Waals surface area contributed by atoms with E-state index >= 15 is 0 Å². The zero-order valence-corrected chi connectivity index (χ0v) is 14.1. The van der Waals surface area contributed by atoms with Gasteiger partial charge in [-0.1, -0.05) is 17.7 Å². The van der Waals surface area contributed by atoms with Gasteiger partial charge in [0, 0.05) is 30.2 Å². The lowest BCUT2D eigenvalue weighted by molar-refractivity contribution is 0.0673. The number of fused-ring (bicyclic) bond motifs is 1. The number of ether oxygens (including phenoxy) is 1. The van der Waals surface area contributed by atoms with Crippen LogP contribution in [0.15, 0.2) is 29.2 Å². The molecule has 0 saturated carbocycles. The van der Waals surface area contributed by atoms with Crippen LogP contribution in [0.5, 0.6) is 0 Å². The molecule has 0 amide bonds. The van der Waals surface area contributed by atoms with Crippen molar-refractivity contribution in [3.8, 4) is 0 Å². The third-order valence-corrected chi connectivity index (χ3v) is 4.81. The van der Waals surface area contributed by atoms with Crippen LogP contribution in [0, 0.1) is 5.82 Å². The van der Waals surface area contributed by atoms with E-state index in [0.29, 0.717) is 40.7 Å². The van der Waals surface area contributed by atoms with Crippen molar-refractivity contribution in [1.29, 1.82) is 0 Å². The highest BCUT2D eigenvalue weighted by Crippen LogP contribution is 2.24. The predicted octanol–water partition coefficient (Wildman–Crippen LogP) is 2.85. The van der Waals surface area contributed by atoms with Gasteiger partial charge in [-0.2, -0.15) is 5.10 Å². The topological polar surface area (TPSA) is 72.8 Å². The fourth-order valence-corrected chi connectivity index (χ4v) is 3.36. The number of benzene rings is 1. The highest BCUT2D eigenvalue weighted by molar-refractivity contribution is 6.31. The summed E-state index contributed by atoms with van der Waals surface area (Å²) < 4.78 is 21.2. The largest absolute Gasteiger partial charge is 0.381 e. The molecule has 0 atom stereocenters. The Bertz CT molecular complexity index is 958. The molecular formula is C17H16ClFN4O2. The number of nitrogens with zero attached hydrogens (tertiary/aromatic N) is 3. The molecule has 0 unspecified atom stereocenters. The SMILES string of the molecule is O=c1[nH]c(Cc2c(F)cccc2Cl)nc2c1cnn2C1CCOCC1. The molecule has 0 bridgehead atoms. The minimum Gasteiger partial charge on any atom is -0.381 e. The maximum absolute atomic E-state index is 14.0. The van der Waals surface area contributed by atoms with Gasteiger partial charge in [-0.05, 0) is 25.0 Å². The monoisotopic (exact) mass is 362 g/mol. The van der Waals surface area contributed by atoms with Crippen LogP contribution < -0.4 is 5.56 Å². The second-order valence-electron chi connectivity index (χ2n) is 6.06. The minimum atomic E-state index is -0.423. The van der Waals surface area contributed by atoms with Gasteiger partial charge in [0.05, 0.1) is 12.2 Å². The summed E-state index contributed by atoms with van der Waals surface area (Å²) in [5.41, 5.74) is 0.535. The van der Waals surface area contributed by atoms with Crippen molar-refractivity contribution in [2.75, 3.05) is 13.2 Å². The average molecular weight is 363 g/mol. The van der Waals surface area contributed by atoms with Crippen LogP contribution in [0.2, 0.25) is 5.02 Å². The van der Waals surface area contributed by atoms with E-state index in [9.17, 15) is 9.18 Å². The molecule has 1 saturated heterocycles. The summed E-state index contributed by atoms with van der Waals surface area (Å²) in [5, 5.41) is 5.07. The molecule has 1 aliphatic heterocycles. The Morgan fingerprint density at radius 2 is 2.16 bits per heavy atom. The summed E-state index contributed by atoms with van der Waals surface area (Å²) in [6.07, 6.45) is 3.27. The first kappa shape index (κ1) is 16.2. The van der Waals surface area contributed by atoms with Gasteiger partial charge in [-0.3, -0.25) is 4.79 Å². The van der Waals surface area contributed by atoms with E-state index in [4.69, 9.17) is 16.3 Å². The van der Waals surface area contributed by atoms with Gasteiger partial charge in [0.2, 0.25) is 0 Å². The van der Waals surface area contributed by atoms with Gasteiger partial charge >= 0.3 is 0 Å². The van der Waals surface area contributed by atoms with Crippen molar-refractivity contribution < 1.29 is 9.13 Å². The Labute approximate surface area is 147 Å². The smallest absolute Gasteiger partial charge is 0.262 e. The zero-order valence-electron chi connectivity index (χ0n) is 13.3. The Morgan fingerprint density at radius 1 is 1.36 bits per heavy atom. The predicted molar refractivity (Wildman–Crippen MR) is 91.5 cm³/mol. The molecule has 1 N–H and O–H groups in total. The van der Waals surface area contributed by atoms with Gasteiger partial charge in [0.1, 0.15) is 17.0 Å². The Kier molecular flexibility index (Phi) is 4.27. The summed E-state index contributed by atoms with van der Waals surface area (Å²) in [5.74, 6) is -0.0634. The molecule has 4 rings (SSSR count). The molecular weight excluding hydrogens is 347 g/mol. The quantitative estimate of drug-likeness (QED) is 0.777. The minimum absolute atomic E-state index is 0.107. The van der Waals surface area contributed by atoms with Crippen LogP contribution in [0.1, 0.15) is 30.3 Å². The van der Waals surface area contributed by atoms with Crippen molar-refractivity contribution in [3.05, 3.63) is 57.0 Å². The number of hydrogen-bond acceptors (Lipinski definition) is 4. The fourth-order valence-electron chi connectivity index (χ4n) is 3.13. The number of aromatic amines is 1. The fraction of sp³-hybridized carbons (Fsp3) is 0.353. The van der Waals surface area contributed by atoms with Crippen LogP contribution in [-0.4, -0.2) is 33.0 Å². The molecule has 1 aliphatic rings. The van der Waals surface area contributed by atoms with Gasteiger partial charge < -0.3 is 9.72 Å². The number of halogens is 2. The summed E-state index contributed by atoms with van der Waals surface area (Å²) in [7, 11) is 0. The number of hydrogen-bond donors (Lipinski definition) is 1. The second kappa shape index (κ2) is 6.57. The molecule has 8 heteroatoms. The molecule has 1 fully saturated rings. The van der Waals surface area contributed by atoms with E-state index in [-0.39, 0.29) is 18.0 Å². The van der Waals surface area contributed by atoms with E-state index in [1.54, 1.807) is 16.8 Å². The van der Waals surface area contributed by atoms with Crippen molar-refractivity contribution in [2.45, 2.75) is 25.3 Å². The van der Waals surface area contributed by atoms with Crippen LogP contribution in [0.4, 0.5) is 4.39 Å². The van der Waals surface area contributed by atoms with Gasteiger partial charge in [-0.25, -0.2) is 14.1 Å². The maximum Gasteiger partial charge on any atom is 0.262 e. The van der Waals surface area contributed by atoms with E-state index in [2.05, 4.69) is 15.1 Å². The Balaban J connectivity index is 1.76. The first-order valence-corrected chi connectivity index (χ1v) is 8.48. The lowest BCUT2D eigenvalue weighted by Crippen LogP contribution is -2.21. The lowest BCUT2D eigenvalue weighted by atomic mass is 10.1. The van der Waals surface area contributed by atoms with E-state index < -0.39 is 5.82 Å². The van der Waals surface area contributed by atoms with Crippen LogP contribution in [0.25, 0.3) is 11.0 Å². The normalized spacial score (nSPS) is 15.8. The first-order valence-electron chi connectivity index (χ1n) is 8.10. The first-order chi connectivity index (χ1) is 12.1. The standard InChI is InChI=1S/C17H16ClFN4O2/c18-13-2-1-3-14(19)11(13)8-15-21-16-12(17(24)22-15)9-20-23(16)10-4-6-25-7-5-10/h1-3,9-10H,4-8H2,(H,21,22,24). The maximum atomic E-state index is 14.0. The van der Waals surface area contributed by atoms with E-state index in [1.165, 1.54) is 12.3 Å². The molecule has 25 heavy (non-hydrogen) atoms. The highest BCUT2D eigenvalue weighted by atomic mass is 35.5. The van der Waals surface area contributed by atoms with Gasteiger partial charge in [-0.15, -0.1) is 0 Å². The highest BCUT2D eigenvalue weighted by Gasteiger charge is 2.21.